The fourth-order valence-corrected chi connectivity index (χ4v) is 3.13. The predicted molar refractivity (Wildman–Crippen MR) is 116 cm³/mol. The van der Waals surface area contributed by atoms with E-state index in [9.17, 15) is 4.79 Å². The Bertz CT molecular complexity index is 623. The molecule has 1 heterocycles. The van der Waals surface area contributed by atoms with Crippen LogP contribution in [0.5, 0.6) is 0 Å². The predicted octanol–water partition coefficient (Wildman–Crippen LogP) is 2.42. The number of nitrogens with zero attached hydrogens (tertiary/aromatic N) is 2. The third-order valence-electron chi connectivity index (χ3n) is 4.87. The van der Waals surface area contributed by atoms with Crippen LogP contribution in [0.1, 0.15) is 49.5 Å². The van der Waals surface area contributed by atoms with Gasteiger partial charge < -0.3 is 25.0 Å². The number of benzene rings is 1. The number of carbonyl (C=O) groups is 1. The summed E-state index contributed by atoms with van der Waals surface area (Å²) in [6, 6.07) is 7.72. The highest BCUT2D eigenvalue weighted by Gasteiger charge is 2.15. The van der Waals surface area contributed by atoms with E-state index in [2.05, 4.69) is 15.6 Å². The zero-order valence-electron chi connectivity index (χ0n) is 18.1. The Hall–Kier alpha value is -2.12. The number of guanidine groups is 1. The second kappa shape index (κ2) is 13.2. The average Bonchev–Trinajstić information content (AvgIpc) is 3.26. The summed E-state index contributed by atoms with van der Waals surface area (Å²) in [4.78, 5) is 18.8. The molecule has 0 radical (unpaired) electrons. The highest BCUT2D eigenvalue weighted by atomic mass is 16.5. The van der Waals surface area contributed by atoms with Crippen molar-refractivity contribution in [3.8, 4) is 0 Å². The van der Waals surface area contributed by atoms with Crippen LogP contribution in [0.25, 0.3) is 0 Å². The van der Waals surface area contributed by atoms with Crippen molar-refractivity contribution in [2.75, 3.05) is 46.0 Å². The van der Waals surface area contributed by atoms with Gasteiger partial charge in [0.2, 0.25) is 0 Å². The molecule has 1 saturated heterocycles. The van der Waals surface area contributed by atoms with E-state index in [1.54, 1.807) is 0 Å². The number of hydrogen-bond donors (Lipinski definition) is 2. The first-order valence-electron chi connectivity index (χ1n) is 10.8. The summed E-state index contributed by atoms with van der Waals surface area (Å²) >= 11 is 0. The van der Waals surface area contributed by atoms with Gasteiger partial charge in [0.15, 0.2) is 5.96 Å². The van der Waals surface area contributed by atoms with Gasteiger partial charge in [0.05, 0.1) is 19.3 Å². The molecule has 1 aliphatic heterocycles. The third-order valence-corrected chi connectivity index (χ3v) is 4.87. The molecule has 2 rings (SSSR count). The van der Waals surface area contributed by atoms with Crippen LogP contribution in [-0.4, -0.2) is 68.9 Å². The molecule has 1 fully saturated rings. The molecule has 0 aliphatic carbocycles. The Morgan fingerprint density at radius 1 is 1.21 bits per heavy atom. The van der Waals surface area contributed by atoms with Crippen molar-refractivity contribution in [1.29, 1.82) is 0 Å². The molecular weight excluding hydrogens is 368 g/mol. The van der Waals surface area contributed by atoms with Crippen LogP contribution in [0.3, 0.4) is 0 Å². The Morgan fingerprint density at radius 2 is 1.97 bits per heavy atom. The quantitative estimate of drug-likeness (QED) is 0.337. The van der Waals surface area contributed by atoms with Crippen molar-refractivity contribution in [3.63, 3.8) is 0 Å². The van der Waals surface area contributed by atoms with Gasteiger partial charge in [-0.25, -0.2) is 4.99 Å². The summed E-state index contributed by atoms with van der Waals surface area (Å²) in [5.74, 6) is 0.867. The van der Waals surface area contributed by atoms with Crippen molar-refractivity contribution in [2.45, 2.75) is 46.3 Å². The Morgan fingerprint density at radius 3 is 2.59 bits per heavy atom. The fraction of sp³-hybridized carbons (Fsp3) is 0.636. The summed E-state index contributed by atoms with van der Waals surface area (Å²) in [5, 5.41) is 6.60. The van der Waals surface area contributed by atoms with Crippen LogP contribution in [0.4, 0.5) is 0 Å². The van der Waals surface area contributed by atoms with Crippen molar-refractivity contribution in [3.05, 3.63) is 35.4 Å². The molecule has 1 atom stereocenters. The standard InChI is InChI=1S/C22H36N4O3/c1-4-23-22(24-13-7-14-29-20-12-15-28-17-20)25-16-18-8-10-19(11-9-18)21(27)26(5-2)6-3/h8-11,20H,4-7,12-17H2,1-3H3,(H2,23,24,25). The molecule has 2 N–H and O–H groups in total. The lowest BCUT2D eigenvalue weighted by Gasteiger charge is -2.18. The zero-order valence-corrected chi connectivity index (χ0v) is 18.1. The minimum absolute atomic E-state index is 0.0754. The van der Waals surface area contributed by atoms with Crippen LogP contribution in [0.2, 0.25) is 0 Å². The van der Waals surface area contributed by atoms with Gasteiger partial charge >= 0.3 is 0 Å². The zero-order chi connectivity index (χ0) is 20.9. The molecule has 7 heteroatoms. The van der Waals surface area contributed by atoms with Crippen molar-refractivity contribution < 1.29 is 14.3 Å². The highest BCUT2D eigenvalue weighted by Crippen LogP contribution is 2.09. The van der Waals surface area contributed by atoms with Crippen molar-refractivity contribution >= 4 is 11.9 Å². The maximum atomic E-state index is 12.4. The fourth-order valence-electron chi connectivity index (χ4n) is 3.13. The number of nitrogens with one attached hydrogen (secondary N) is 2. The Balaban J connectivity index is 1.78. The van der Waals surface area contributed by atoms with Crippen LogP contribution in [0.15, 0.2) is 29.3 Å². The van der Waals surface area contributed by atoms with Crippen molar-refractivity contribution in [1.82, 2.24) is 15.5 Å². The number of ether oxygens (including phenoxy) is 2. The van der Waals surface area contributed by atoms with E-state index in [-0.39, 0.29) is 12.0 Å². The second-order valence-electron chi connectivity index (χ2n) is 7.01. The van der Waals surface area contributed by atoms with Gasteiger partial charge in [-0.2, -0.15) is 0 Å². The van der Waals surface area contributed by atoms with Gasteiger partial charge in [0, 0.05) is 45.0 Å². The van der Waals surface area contributed by atoms with E-state index in [4.69, 9.17) is 9.47 Å². The molecule has 1 aromatic carbocycles. The third kappa shape index (κ3) is 8.03. The molecule has 0 spiro atoms. The number of amides is 1. The lowest BCUT2D eigenvalue weighted by molar-refractivity contribution is 0.0420. The van der Waals surface area contributed by atoms with Gasteiger partial charge in [-0.05, 0) is 51.3 Å². The van der Waals surface area contributed by atoms with E-state index in [1.165, 1.54) is 0 Å². The topological polar surface area (TPSA) is 75.2 Å². The van der Waals surface area contributed by atoms with Crippen LogP contribution in [-0.2, 0) is 16.0 Å². The molecule has 0 saturated carbocycles. The lowest BCUT2D eigenvalue weighted by Crippen LogP contribution is -2.38. The first-order valence-corrected chi connectivity index (χ1v) is 10.8. The first kappa shape index (κ1) is 23.2. The summed E-state index contributed by atoms with van der Waals surface area (Å²) in [5.41, 5.74) is 1.79. The lowest BCUT2D eigenvalue weighted by atomic mass is 10.1. The van der Waals surface area contributed by atoms with Crippen LogP contribution in [0, 0.1) is 0 Å². The summed E-state index contributed by atoms with van der Waals surface area (Å²) in [6.45, 7) is 11.9. The Kier molecular flexibility index (Phi) is 10.5. The van der Waals surface area contributed by atoms with Gasteiger partial charge in [0.25, 0.3) is 5.91 Å². The molecule has 0 bridgehead atoms. The molecule has 1 unspecified atom stereocenters. The average molecular weight is 405 g/mol. The van der Waals surface area contributed by atoms with Crippen LogP contribution >= 0.6 is 0 Å². The summed E-state index contributed by atoms with van der Waals surface area (Å²) in [7, 11) is 0. The normalized spacial score (nSPS) is 16.7. The van der Waals surface area contributed by atoms with Gasteiger partial charge in [-0.3, -0.25) is 4.79 Å². The maximum Gasteiger partial charge on any atom is 0.253 e. The summed E-state index contributed by atoms with van der Waals surface area (Å²) < 4.78 is 11.1. The molecule has 29 heavy (non-hydrogen) atoms. The van der Waals surface area contributed by atoms with Gasteiger partial charge in [-0.1, -0.05) is 12.1 Å². The largest absolute Gasteiger partial charge is 0.379 e. The number of carbonyl (C=O) groups excluding carboxylic acids is 1. The van der Waals surface area contributed by atoms with E-state index in [0.29, 0.717) is 6.54 Å². The molecule has 1 amide bonds. The van der Waals surface area contributed by atoms with Gasteiger partial charge in [0.1, 0.15) is 0 Å². The van der Waals surface area contributed by atoms with E-state index >= 15 is 0 Å². The monoisotopic (exact) mass is 404 g/mol. The molecular formula is C22H36N4O3. The van der Waals surface area contributed by atoms with Crippen molar-refractivity contribution in [2.24, 2.45) is 4.99 Å². The SMILES string of the molecule is CCNC(=NCc1ccc(C(=O)N(CC)CC)cc1)NCCCOC1CCOC1. The molecule has 1 aromatic rings. The highest BCUT2D eigenvalue weighted by molar-refractivity contribution is 5.94. The first-order chi connectivity index (χ1) is 14.2. The Labute approximate surface area is 174 Å². The molecule has 0 aromatic heterocycles. The van der Waals surface area contributed by atoms with Crippen LogP contribution < -0.4 is 10.6 Å². The molecule has 1 aliphatic rings. The molecule has 7 nitrogen and oxygen atoms in total. The van der Waals surface area contributed by atoms with E-state index in [0.717, 1.165) is 75.9 Å². The minimum atomic E-state index is 0.0754. The number of aliphatic imine (C=N–C) groups is 1. The number of hydrogen-bond acceptors (Lipinski definition) is 4. The molecule has 162 valence electrons. The number of rotatable bonds is 11. The smallest absolute Gasteiger partial charge is 0.253 e. The van der Waals surface area contributed by atoms with E-state index in [1.807, 2.05) is 49.9 Å². The maximum absolute atomic E-state index is 12.4. The second-order valence-corrected chi connectivity index (χ2v) is 7.01. The van der Waals surface area contributed by atoms with Gasteiger partial charge in [-0.15, -0.1) is 0 Å². The van der Waals surface area contributed by atoms with E-state index < -0.39 is 0 Å². The summed E-state index contributed by atoms with van der Waals surface area (Å²) in [6.07, 6.45) is 2.17. The minimum Gasteiger partial charge on any atom is -0.379 e.